The minimum Gasteiger partial charge on any atom is -0.368 e. The number of aryl methyl sites for hydroxylation is 1. The van der Waals surface area contributed by atoms with Crippen LogP contribution in [0.2, 0.25) is 0 Å². The molecule has 7 heteroatoms. The van der Waals surface area contributed by atoms with Crippen LogP contribution in [0.5, 0.6) is 0 Å². The zero-order valence-corrected chi connectivity index (χ0v) is 10.8. The molecule has 106 valence electrons. The van der Waals surface area contributed by atoms with Crippen LogP contribution in [-0.2, 0) is 6.18 Å². The Hall–Kier alpha value is -2.31. The highest BCUT2D eigenvalue weighted by Crippen LogP contribution is 2.30. The Balaban J connectivity index is 2.60. The molecule has 1 aromatic heterocycles. The van der Waals surface area contributed by atoms with Gasteiger partial charge >= 0.3 is 6.18 Å². The van der Waals surface area contributed by atoms with Gasteiger partial charge in [-0.15, -0.1) is 5.10 Å². The van der Waals surface area contributed by atoms with Gasteiger partial charge in [0.15, 0.2) is 5.82 Å². The Morgan fingerprint density at radius 1 is 1.25 bits per heavy atom. The monoisotopic (exact) mass is 283 g/mol. The molecule has 0 aliphatic rings. The van der Waals surface area contributed by atoms with Crippen molar-refractivity contribution >= 4 is 5.82 Å². The maximum Gasteiger partial charge on any atom is 0.416 e. The molecule has 20 heavy (non-hydrogen) atoms. The molecule has 2 aromatic rings. The van der Waals surface area contributed by atoms with Gasteiger partial charge in [-0.05, 0) is 25.1 Å². The molecule has 1 heterocycles. The van der Waals surface area contributed by atoms with Crippen LogP contribution in [0, 0.1) is 6.92 Å². The first kappa shape index (κ1) is 14.1. The van der Waals surface area contributed by atoms with Gasteiger partial charge in [-0.1, -0.05) is 6.07 Å². The van der Waals surface area contributed by atoms with Gasteiger partial charge < -0.3 is 5.32 Å². The highest BCUT2D eigenvalue weighted by Gasteiger charge is 2.30. The van der Waals surface area contributed by atoms with Crippen molar-refractivity contribution in [2.24, 2.45) is 0 Å². The summed E-state index contributed by atoms with van der Waals surface area (Å²) in [7, 11) is 1.52. The topological polar surface area (TPSA) is 46.9 Å². The first-order valence-corrected chi connectivity index (χ1v) is 5.79. The van der Waals surface area contributed by atoms with Gasteiger partial charge in [0.2, 0.25) is 5.43 Å². The molecule has 4 nitrogen and oxygen atoms in total. The Kier molecular flexibility index (Phi) is 3.52. The molecule has 0 spiro atoms. The number of nitrogens with zero attached hydrogens (tertiary/aromatic N) is 2. The van der Waals surface area contributed by atoms with E-state index in [-0.39, 0.29) is 16.9 Å². The van der Waals surface area contributed by atoms with Crippen LogP contribution in [0.1, 0.15) is 11.3 Å². The molecule has 0 saturated carbocycles. The molecule has 0 unspecified atom stereocenters. The van der Waals surface area contributed by atoms with E-state index in [4.69, 9.17) is 0 Å². The third kappa shape index (κ3) is 2.66. The fourth-order valence-corrected chi connectivity index (χ4v) is 1.80. The van der Waals surface area contributed by atoms with Crippen molar-refractivity contribution in [2.45, 2.75) is 13.1 Å². The number of benzene rings is 1. The second-order valence-electron chi connectivity index (χ2n) is 4.21. The minimum absolute atomic E-state index is 0.0769. The first-order valence-electron chi connectivity index (χ1n) is 5.79. The number of aromatic nitrogens is 2. The van der Waals surface area contributed by atoms with Crippen LogP contribution < -0.4 is 10.7 Å². The Morgan fingerprint density at radius 2 is 1.95 bits per heavy atom. The van der Waals surface area contributed by atoms with Crippen molar-refractivity contribution < 1.29 is 13.2 Å². The molecule has 0 aliphatic heterocycles. The van der Waals surface area contributed by atoms with Crippen molar-refractivity contribution in [3.05, 3.63) is 51.8 Å². The van der Waals surface area contributed by atoms with Crippen LogP contribution in [0.4, 0.5) is 19.0 Å². The Labute approximate surface area is 112 Å². The zero-order valence-electron chi connectivity index (χ0n) is 10.8. The van der Waals surface area contributed by atoms with E-state index in [1.54, 1.807) is 6.92 Å². The van der Waals surface area contributed by atoms with E-state index >= 15 is 0 Å². The first-order chi connectivity index (χ1) is 9.32. The molecule has 0 bridgehead atoms. The average Bonchev–Trinajstić information content (AvgIpc) is 2.38. The number of hydrogen-bond donors (Lipinski definition) is 1. The highest BCUT2D eigenvalue weighted by molar-refractivity contribution is 5.40. The second-order valence-corrected chi connectivity index (χ2v) is 4.21. The summed E-state index contributed by atoms with van der Waals surface area (Å²) in [6.45, 7) is 1.61. The second kappa shape index (κ2) is 4.99. The van der Waals surface area contributed by atoms with Crippen LogP contribution in [0.25, 0.3) is 5.69 Å². The molecule has 1 aromatic carbocycles. The summed E-state index contributed by atoms with van der Waals surface area (Å²) < 4.78 is 39.4. The highest BCUT2D eigenvalue weighted by atomic mass is 19.4. The predicted molar refractivity (Wildman–Crippen MR) is 69.1 cm³/mol. The Bertz CT molecular complexity index is 692. The number of nitrogens with one attached hydrogen (secondary N) is 1. The number of hydrogen-bond acceptors (Lipinski definition) is 3. The number of anilines is 1. The summed E-state index contributed by atoms with van der Waals surface area (Å²) in [5, 5.41) is 6.62. The van der Waals surface area contributed by atoms with Crippen LogP contribution in [-0.4, -0.2) is 16.8 Å². The fraction of sp³-hybridized carbons (Fsp3) is 0.231. The van der Waals surface area contributed by atoms with E-state index in [1.807, 2.05) is 0 Å². The summed E-state index contributed by atoms with van der Waals surface area (Å²) in [4.78, 5) is 11.6. The number of alkyl halides is 3. The van der Waals surface area contributed by atoms with E-state index in [0.717, 1.165) is 12.1 Å². The molecule has 2 rings (SSSR count). The van der Waals surface area contributed by atoms with Gasteiger partial charge in [0.25, 0.3) is 0 Å². The van der Waals surface area contributed by atoms with E-state index in [9.17, 15) is 18.0 Å². The summed E-state index contributed by atoms with van der Waals surface area (Å²) in [5.41, 5.74) is -0.378. The molecule has 0 aliphatic carbocycles. The lowest BCUT2D eigenvalue weighted by Gasteiger charge is -2.13. The summed E-state index contributed by atoms with van der Waals surface area (Å²) in [6.07, 6.45) is -4.42. The van der Waals surface area contributed by atoms with Gasteiger partial charge in [0.1, 0.15) is 0 Å². The number of rotatable bonds is 2. The third-order valence-corrected chi connectivity index (χ3v) is 2.76. The van der Waals surface area contributed by atoms with Crippen LogP contribution in [0.15, 0.2) is 35.1 Å². The number of halogens is 3. The maximum absolute atomic E-state index is 12.7. The van der Waals surface area contributed by atoms with Crippen LogP contribution >= 0.6 is 0 Å². The third-order valence-electron chi connectivity index (χ3n) is 2.76. The van der Waals surface area contributed by atoms with Crippen LogP contribution in [0.3, 0.4) is 0 Å². The van der Waals surface area contributed by atoms with Crippen molar-refractivity contribution in [3.63, 3.8) is 0 Å². The standard InChI is InChI=1S/C13H12F3N3O/c1-8-6-11(20)12(17-2)18-19(8)10-5-3-4-9(7-10)13(14,15)16/h3-7H,1-2H3,(H,17,18). The molecule has 0 saturated heterocycles. The summed E-state index contributed by atoms with van der Waals surface area (Å²) in [6, 6.07) is 6.10. The van der Waals surface area contributed by atoms with Crippen molar-refractivity contribution in [1.29, 1.82) is 0 Å². The quantitative estimate of drug-likeness (QED) is 0.921. The fourth-order valence-electron chi connectivity index (χ4n) is 1.80. The molecular weight excluding hydrogens is 271 g/mol. The van der Waals surface area contributed by atoms with Crippen molar-refractivity contribution in [3.8, 4) is 5.69 Å². The molecule has 0 atom stereocenters. The average molecular weight is 283 g/mol. The minimum atomic E-state index is -4.42. The molecule has 1 N–H and O–H groups in total. The SMILES string of the molecule is CNc1nn(-c2cccc(C(F)(F)F)c2)c(C)cc1=O. The molecule has 0 radical (unpaired) electrons. The lowest BCUT2D eigenvalue weighted by atomic mass is 10.2. The lowest BCUT2D eigenvalue weighted by molar-refractivity contribution is -0.137. The van der Waals surface area contributed by atoms with E-state index in [1.165, 1.54) is 29.9 Å². The summed E-state index contributed by atoms with van der Waals surface area (Å²) >= 11 is 0. The normalized spacial score (nSPS) is 11.4. The smallest absolute Gasteiger partial charge is 0.368 e. The van der Waals surface area contributed by atoms with Crippen molar-refractivity contribution in [1.82, 2.24) is 9.78 Å². The zero-order chi connectivity index (χ0) is 14.9. The van der Waals surface area contributed by atoms with Gasteiger partial charge in [-0.2, -0.15) is 13.2 Å². The summed E-state index contributed by atoms with van der Waals surface area (Å²) in [5.74, 6) is 0.0769. The largest absolute Gasteiger partial charge is 0.416 e. The van der Waals surface area contributed by atoms with E-state index in [0.29, 0.717) is 5.69 Å². The molecule has 0 fully saturated rings. The van der Waals surface area contributed by atoms with Gasteiger partial charge in [-0.25, -0.2) is 4.68 Å². The van der Waals surface area contributed by atoms with E-state index in [2.05, 4.69) is 10.4 Å². The van der Waals surface area contributed by atoms with Gasteiger partial charge in [-0.3, -0.25) is 4.79 Å². The molecule has 0 amide bonds. The van der Waals surface area contributed by atoms with Crippen molar-refractivity contribution in [2.75, 3.05) is 12.4 Å². The molecular formula is C13H12F3N3O. The lowest BCUT2D eigenvalue weighted by Crippen LogP contribution is -2.18. The predicted octanol–water partition coefficient (Wildman–Crippen LogP) is 2.60. The van der Waals surface area contributed by atoms with Gasteiger partial charge in [0, 0.05) is 18.8 Å². The van der Waals surface area contributed by atoms with E-state index < -0.39 is 11.7 Å². The van der Waals surface area contributed by atoms with Gasteiger partial charge in [0.05, 0.1) is 11.3 Å². The maximum atomic E-state index is 12.7. The Morgan fingerprint density at radius 3 is 2.55 bits per heavy atom.